The molecule has 2 aromatic heterocycles. The van der Waals surface area contributed by atoms with Gasteiger partial charge in [-0.3, -0.25) is 9.78 Å². The third-order valence-corrected chi connectivity index (χ3v) is 2.36. The van der Waals surface area contributed by atoms with Crippen LogP contribution in [0.5, 0.6) is 0 Å². The fraction of sp³-hybridized carbons (Fsp3) is 0. The van der Waals surface area contributed by atoms with Gasteiger partial charge in [0.05, 0.1) is 27.1 Å². The number of aromatic nitrogens is 3. The van der Waals surface area contributed by atoms with Gasteiger partial charge in [-0.05, 0) is 0 Å². The lowest BCUT2D eigenvalue weighted by molar-refractivity contribution is 1.00. The molecule has 0 spiro atoms. The van der Waals surface area contributed by atoms with Gasteiger partial charge in [0, 0.05) is 6.20 Å². The average molecular weight is 216 g/mol. The van der Waals surface area contributed by atoms with Gasteiger partial charge in [-0.15, -0.1) is 0 Å². The minimum atomic E-state index is -0.391. The van der Waals surface area contributed by atoms with E-state index in [2.05, 4.69) is 15.2 Å². The minimum Gasteiger partial charge on any atom is -0.267 e. The summed E-state index contributed by atoms with van der Waals surface area (Å²) in [7, 11) is 0. The molecule has 4 nitrogen and oxygen atoms in total. The Morgan fingerprint density at radius 3 is 2.85 bits per heavy atom. The summed E-state index contributed by atoms with van der Waals surface area (Å²) in [6.07, 6.45) is 2.80. The fourth-order valence-corrected chi connectivity index (χ4v) is 1.38. The van der Waals surface area contributed by atoms with Crippen molar-refractivity contribution in [3.8, 4) is 0 Å². The van der Waals surface area contributed by atoms with E-state index < -0.39 is 5.56 Å². The number of rotatable bonds is 0. The molecular formula is C7H3Cl2N3O. The van der Waals surface area contributed by atoms with E-state index in [1.54, 1.807) is 0 Å². The number of hydrogen-bond acceptors (Lipinski definition) is 3. The lowest BCUT2D eigenvalue weighted by atomic mass is 10.3. The van der Waals surface area contributed by atoms with E-state index in [9.17, 15) is 4.79 Å². The van der Waals surface area contributed by atoms with Gasteiger partial charge < -0.3 is 0 Å². The lowest BCUT2D eigenvalue weighted by Crippen LogP contribution is -2.08. The predicted molar refractivity (Wildman–Crippen MR) is 50.2 cm³/mol. The molecule has 0 unspecified atom stereocenters. The number of nitrogens with zero attached hydrogens (tertiary/aromatic N) is 2. The zero-order chi connectivity index (χ0) is 9.42. The van der Waals surface area contributed by atoms with E-state index in [4.69, 9.17) is 23.2 Å². The van der Waals surface area contributed by atoms with Gasteiger partial charge in [-0.2, -0.15) is 5.10 Å². The standard InChI is InChI=1S/C7H3Cl2N3O/c8-3-1-10-4-2-11-12-7(13)5(4)6(3)9/h1-2H,(H,12,13). The van der Waals surface area contributed by atoms with E-state index in [0.717, 1.165) is 0 Å². The smallest absolute Gasteiger partial charge is 0.267 e. The van der Waals surface area contributed by atoms with Crippen molar-refractivity contribution in [1.29, 1.82) is 0 Å². The molecule has 0 aliphatic carbocycles. The van der Waals surface area contributed by atoms with Crippen LogP contribution in [0, 0.1) is 0 Å². The van der Waals surface area contributed by atoms with Crippen LogP contribution in [0.15, 0.2) is 17.2 Å². The number of halogens is 2. The molecule has 13 heavy (non-hydrogen) atoms. The molecule has 0 aromatic carbocycles. The maximum absolute atomic E-state index is 11.3. The lowest BCUT2D eigenvalue weighted by Gasteiger charge is -1.98. The topological polar surface area (TPSA) is 58.6 Å². The summed E-state index contributed by atoms with van der Waals surface area (Å²) < 4.78 is 0. The van der Waals surface area contributed by atoms with Gasteiger partial charge in [-0.25, -0.2) is 5.10 Å². The number of H-pyrrole nitrogens is 1. The molecule has 0 amide bonds. The third-order valence-electron chi connectivity index (χ3n) is 1.58. The Hall–Kier alpha value is -1.13. The van der Waals surface area contributed by atoms with E-state index in [-0.39, 0.29) is 15.4 Å². The zero-order valence-electron chi connectivity index (χ0n) is 6.21. The van der Waals surface area contributed by atoms with Crippen molar-refractivity contribution >= 4 is 34.1 Å². The number of fused-ring (bicyclic) bond motifs is 1. The first kappa shape index (κ1) is 8.47. The molecule has 66 valence electrons. The van der Waals surface area contributed by atoms with Gasteiger partial charge >= 0.3 is 0 Å². The van der Waals surface area contributed by atoms with Gasteiger partial charge in [-0.1, -0.05) is 23.2 Å². The van der Waals surface area contributed by atoms with Gasteiger partial charge in [0.15, 0.2) is 0 Å². The van der Waals surface area contributed by atoms with Crippen LogP contribution in [0.2, 0.25) is 10.0 Å². The van der Waals surface area contributed by atoms with Crippen LogP contribution in [0.25, 0.3) is 10.9 Å². The van der Waals surface area contributed by atoms with Crippen molar-refractivity contribution in [2.75, 3.05) is 0 Å². The Morgan fingerprint density at radius 2 is 2.08 bits per heavy atom. The molecule has 2 aromatic rings. The molecule has 2 rings (SSSR count). The Kier molecular flexibility index (Phi) is 1.94. The highest BCUT2D eigenvalue weighted by atomic mass is 35.5. The summed E-state index contributed by atoms with van der Waals surface area (Å²) in [5.74, 6) is 0. The summed E-state index contributed by atoms with van der Waals surface area (Å²) >= 11 is 11.5. The second-order valence-electron chi connectivity index (χ2n) is 2.38. The van der Waals surface area contributed by atoms with Crippen molar-refractivity contribution in [2.45, 2.75) is 0 Å². The maximum Gasteiger partial charge on any atom is 0.275 e. The summed E-state index contributed by atoms with van der Waals surface area (Å²) in [6, 6.07) is 0. The Labute approximate surface area is 82.5 Å². The van der Waals surface area contributed by atoms with Crippen molar-refractivity contribution in [2.24, 2.45) is 0 Å². The van der Waals surface area contributed by atoms with Crippen LogP contribution in [0.4, 0.5) is 0 Å². The van der Waals surface area contributed by atoms with Crippen molar-refractivity contribution < 1.29 is 0 Å². The number of nitrogens with one attached hydrogen (secondary N) is 1. The zero-order valence-corrected chi connectivity index (χ0v) is 7.73. The SMILES string of the molecule is O=c1[nH]ncc2ncc(Cl)c(Cl)c12. The van der Waals surface area contributed by atoms with Crippen LogP contribution in [-0.4, -0.2) is 15.2 Å². The van der Waals surface area contributed by atoms with Crippen molar-refractivity contribution in [3.05, 3.63) is 32.8 Å². The molecule has 0 saturated carbocycles. The fourth-order valence-electron chi connectivity index (χ4n) is 1.00. The monoisotopic (exact) mass is 215 g/mol. The van der Waals surface area contributed by atoms with Crippen LogP contribution in [0.3, 0.4) is 0 Å². The van der Waals surface area contributed by atoms with Crippen molar-refractivity contribution in [1.82, 2.24) is 15.2 Å². The summed E-state index contributed by atoms with van der Waals surface area (Å²) in [5, 5.41) is 6.56. The van der Waals surface area contributed by atoms with E-state index >= 15 is 0 Å². The van der Waals surface area contributed by atoms with Gasteiger partial charge in [0.2, 0.25) is 0 Å². The first-order chi connectivity index (χ1) is 6.20. The van der Waals surface area contributed by atoms with Crippen LogP contribution < -0.4 is 5.56 Å². The first-order valence-electron chi connectivity index (χ1n) is 3.37. The van der Waals surface area contributed by atoms with E-state index in [0.29, 0.717) is 5.52 Å². The third kappa shape index (κ3) is 1.28. The maximum atomic E-state index is 11.3. The molecule has 0 bridgehead atoms. The molecule has 0 aliphatic rings. The van der Waals surface area contributed by atoms with Gasteiger partial charge in [0.25, 0.3) is 5.56 Å². The summed E-state index contributed by atoms with van der Waals surface area (Å²) in [4.78, 5) is 15.2. The molecule has 0 saturated heterocycles. The highest BCUT2D eigenvalue weighted by Gasteiger charge is 2.08. The average Bonchev–Trinajstić information content (AvgIpc) is 2.12. The molecule has 1 N–H and O–H groups in total. The second-order valence-corrected chi connectivity index (χ2v) is 3.16. The second kappa shape index (κ2) is 2.97. The Balaban J connectivity index is 3.06. The van der Waals surface area contributed by atoms with Gasteiger partial charge in [0.1, 0.15) is 0 Å². The Morgan fingerprint density at radius 1 is 1.31 bits per heavy atom. The molecule has 6 heteroatoms. The molecule has 0 radical (unpaired) electrons. The van der Waals surface area contributed by atoms with E-state index in [1.807, 2.05) is 0 Å². The highest BCUT2D eigenvalue weighted by molar-refractivity contribution is 6.44. The molecule has 0 atom stereocenters. The largest absolute Gasteiger partial charge is 0.275 e. The number of aromatic amines is 1. The predicted octanol–water partition coefficient (Wildman–Crippen LogP) is 1.62. The van der Waals surface area contributed by atoms with Crippen molar-refractivity contribution in [3.63, 3.8) is 0 Å². The molecule has 0 fully saturated rings. The first-order valence-corrected chi connectivity index (χ1v) is 4.13. The normalized spacial score (nSPS) is 10.6. The molecule has 0 aliphatic heterocycles. The minimum absolute atomic E-state index is 0.204. The van der Waals surface area contributed by atoms with E-state index in [1.165, 1.54) is 12.4 Å². The summed E-state index contributed by atoms with van der Waals surface area (Å²) in [5.41, 5.74) is 0.0376. The summed E-state index contributed by atoms with van der Waals surface area (Å²) in [6.45, 7) is 0. The van der Waals surface area contributed by atoms with Crippen LogP contribution in [-0.2, 0) is 0 Å². The van der Waals surface area contributed by atoms with Crippen LogP contribution in [0.1, 0.15) is 0 Å². The molecular weight excluding hydrogens is 213 g/mol. The number of hydrogen-bond donors (Lipinski definition) is 1. The van der Waals surface area contributed by atoms with Crippen LogP contribution >= 0.6 is 23.2 Å². The Bertz CT molecular complexity index is 523. The molecule has 2 heterocycles. The quantitative estimate of drug-likeness (QED) is 0.727. The highest BCUT2D eigenvalue weighted by Crippen LogP contribution is 2.25. The number of pyridine rings is 1.